The van der Waals surface area contributed by atoms with Gasteiger partial charge in [-0.15, -0.1) is 0 Å². The minimum absolute atomic E-state index is 0.0365. The van der Waals surface area contributed by atoms with E-state index >= 15 is 4.39 Å². The summed E-state index contributed by atoms with van der Waals surface area (Å²) < 4.78 is 44.3. The maximum absolute atomic E-state index is 15.6. The quantitative estimate of drug-likeness (QED) is 0.355. The zero-order chi connectivity index (χ0) is 29.5. The topological polar surface area (TPSA) is 133 Å². The van der Waals surface area contributed by atoms with Gasteiger partial charge < -0.3 is 9.47 Å². The van der Waals surface area contributed by atoms with E-state index < -0.39 is 42.7 Å². The lowest BCUT2D eigenvalue weighted by Crippen LogP contribution is -2.59. The van der Waals surface area contributed by atoms with Crippen LogP contribution >= 0.6 is 0 Å². The van der Waals surface area contributed by atoms with Crippen LogP contribution in [0, 0.1) is 5.82 Å². The van der Waals surface area contributed by atoms with Gasteiger partial charge in [0, 0.05) is 18.0 Å². The molecular formula is C28H36FN5O5S. The number of carbonyl (C=O) groups excluding carboxylic acids is 2. The Hall–Kier alpha value is -3.28. The average Bonchev–Trinajstić information content (AvgIpc) is 2.87. The predicted octanol–water partition coefficient (Wildman–Crippen LogP) is 4.26. The fourth-order valence-corrected chi connectivity index (χ4v) is 8.56. The van der Waals surface area contributed by atoms with E-state index in [1.54, 1.807) is 41.5 Å². The Kier molecular flexibility index (Phi) is 7.87. The summed E-state index contributed by atoms with van der Waals surface area (Å²) in [5.41, 5.74) is -1.41. The number of pyridine rings is 1. The molecule has 2 aliphatic heterocycles. The first-order chi connectivity index (χ1) is 18.6. The molecule has 0 fully saturated rings. The van der Waals surface area contributed by atoms with Crippen molar-refractivity contribution in [2.45, 2.75) is 88.4 Å². The molecule has 10 nitrogen and oxygen atoms in total. The Bertz CT molecular complexity index is 1470. The fourth-order valence-electron chi connectivity index (χ4n) is 5.22. The molecule has 0 bridgehead atoms. The van der Waals surface area contributed by atoms with Crippen molar-refractivity contribution in [2.75, 3.05) is 13.7 Å². The molecule has 0 aliphatic carbocycles. The van der Waals surface area contributed by atoms with Crippen LogP contribution in [0.4, 0.5) is 4.39 Å². The highest BCUT2D eigenvalue weighted by atomic mass is 32.2. The van der Waals surface area contributed by atoms with Crippen LogP contribution in [0.1, 0.15) is 82.7 Å². The summed E-state index contributed by atoms with van der Waals surface area (Å²) in [6.45, 7) is 10.9. The average molecular weight is 574 g/mol. The van der Waals surface area contributed by atoms with E-state index in [0.29, 0.717) is 30.8 Å². The lowest BCUT2D eigenvalue weighted by atomic mass is 9.87. The minimum Gasteiger partial charge on any atom is -0.480 e. The van der Waals surface area contributed by atoms with Gasteiger partial charge in [0.2, 0.25) is 5.88 Å². The van der Waals surface area contributed by atoms with E-state index in [9.17, 15) is 13.8 Å². The number of methoxy groups -OCH3 is 1. The van der Waals surface area contributed by atoms with Gasteiger partial charge in [0.1, 0.15) is 28.3 Å². The van der Waals surface area contributed by atoms with Crippen LogP contribution in [0.5, 0.6) is 5.88 Å². The van der Waals surface area contributed by atoms with Crippen molar-refractivity contribution < 1.29 is 27.7 Å². The van der Waals surface area contributed by atoms with E-state index in [0.717, 1.165) is 0 Å². The molecule has 0 amide bonds. The van der Waals surface area contributed by atoms with Gasteiger partial charge in [-0.05, 0) is 66.5 Å². The van der Waals surface area contributed by atoms with E-state index in [-0.39, 0.29) is 35.9 Å². The van der Waals surface area contributed by atoms with Crippen molar-refractivity contribution in [3.63, 3.8) is 0 Å². The maximum Gasteiger partial charge on any atom is 0.312 e. The van der Waals surface area contributed by atoms with Gasteiger partial charge in [-0.2, -0.15) is 0 Å². The van der Waals surface area contributed by atoms with Crippen molar-refractivity contribution in [3.8, 4) is 5.88 Å². The Labute approximate surface area is 234 Å². The highest BCUT2D eigenvalue weighted by molar-refractivity contribution is 7.96. The number of aromatic nitrogens is 3. The number of Topliss-reactive ketones (excluding diaryl/α,β-unsaturated/α-hetero) is 1. The smallest absolute Gasteiger partial charge is 0.312 e. The van der Waals surface area contributed by atoms with Gasteiger partial charge in [-0.25, -0.2) is 22.9 Å². The summed E-state index contributed by atoms with van der Waals surface area (Å²) in [6.07, 6.45) is 3.44. The molecule has 3 atom stereocenters. The van der Waals surface area contributed by atoms with Gasteiger partial charge in [0.05, 0.1) is 52.1 Å². The number of carbonyl (C=O) groups is 2. The zero-order valence-corrected chi connectivity index (χ0v) is 24.8. The van der Waals surface area contributed by atoms with E-state index in [1.807, 2.05) is 0 Å². The van der Waals surface area contributed by atoms with Crippen LogP contribution in [0.15, 0.2) is 33.9 Å². The summed E-state index contributed by atoms with van der Waals surface area (Å²) in [4.78, 5) is 43.4. The molecule has 216 valence electrons. The van der Waals surface area contributed by atoms with Crippen LogP contribution in [0.3, 0.4) is 0 Å². The van der Waals surface area contributed by atoms with Crippen molar-refractivity contribution in [3.05, 3.63) is 47.4 Å². The summed E-state index contributed by atoms with van der Waals surface area (Å²) in [5.74, 6) is -1.25. The SMILES string of the molecule is COc1cnc(C(=O)Cc2ccc(F)c([C@@]3(C)N=C(CC(=O)OC(C)(C)C)C(C)(C)[S@]4(=O)=NCCC[C@H]34)n2)cn1. The molecule has 0 unspecified atom stereocenters. The number of ketones is 1. The Morgan fingerprint density at radius 1 is 1.12 bits per heavy atom. The largest absolute Gasteiger partial charge is 0.480 e. The van der Waals surface area contributed by atoms with E-state index in [4.69, 9.17) is 14.5 Å². The van der Waals surface area contributed by atoms with Crippen LogP contribution in [0.25, 0.3) is 0 Å². The molecule has 0 saturated carbocycles. The molecule has 4 heterocycles. The third-order valence-corrected chi connectivity index (χ3v) is 11.0. The van der Waals surface area contributed by atoms with Gasteiger partial charge >= 0.3 is 5.97 Å². The zero-order valence-electron chi connectivity index (χ0n) is 24.0. The Morgan fingerprint density at radius 2 is 1.85 bits per heavy atom. The van der Waals surface area contributed by atoms with Gasteiger partial charge in [0.15, 0.2) is 5.78 Å². The van der Waals surface area contributed by atoms with Gasteiger partial charge in [-0.1, -0.05) is 0 Å². The molecule has 0 radical (unpaired) electrons. The van der Waals surface area contributed by atoms with E-state index in [1.165, 1.54) is 31.6 Å². The third kappa shape index (κ3) is 5.50. The first-order valence-electron chi connectivity index (χ1n) is 13.2. The number of ether oxygens (including phenoxy) is 2. The lowest BCUT2D eigenvalue weighted by molar-refractivity contribution is -0.153. The molecule has 40 heavy (non-hydrogen) atoms. The monoisotopic (exact) mass is 573 g/mol. The molecule has 2 aromatic rings. The number of aliphatic imine (C=N–C) groups is 1. The molecule has 0 saturated heterocycles. The number of hydrogen-bond acceptors (Lipinski definition) is 10. The van der Waals surface area contributed by atoms with Crippen molar-refractivity contribution in [2.24, 2.45) is 9.36 Å². The van der Waals surface area contributed by atoms with Gasteiger partial charge in [0.25, 0.3) is 0 Å². The summed E-state index contributed by atoms with van der Waals surface area (Å²) in [7, 11) is -1.58. The summed E-state index contributed by atoms with van der Waals surface area (Å²) >= 11 is 0. The standard InChI is InChI=1S/C28H36FN5O5S/c1-26(2,3)39-24(36)14-21-27(4,5)40(37)22(9-8-12-32-40)28(6,34-21)25-18(29)11-10-17(33-25)13-20(35)19-15-31-23(38-7)16-30-19/h10-11,15-16,22H,8-9,12-14H2,1-7H3/t22-,28+,40+/m1/s1. The second-order valence-corrected chi connectivity index (χ2v) is 14.7. The lowest BCUT2D eigenvalue weighted by Gasteiger charge is -2.48. The second kappa shape index (κ2) is 10.6. The van der Waals surface area contributed by atoms with Crippen molar-refractivity contribution >= 4 is 27.2 Å². The molecule has 12 heteroatoms. The number of rotatable bonds is 7. The van der Waals surface area contributed by atoms with Crippen molar-refractivity contribution in [1.29, 1.82) is 0 Å². The second-order valence-electron chi connectivity index (χ2n) is 11.7. The number of nitrogens with zero attached hydrogens (tertiary/aromatic N) is 5. The van der Waals surface area contributed by atoms with Crippen LogP contribution in [0.2, 0.25) is 0 Å². The first kappa shape index (κ1) is 29.7. The van der Waals surface area contributed by atoms with Crippen LogP contribution < -0.4 is 4.74 Å². The molecule has 0 spiro atoms. The number of hydrogen-bond donors (Lipinski definition) is 0. The molecular weight excluding hydrogens is 537 g/mol. The highest BCUT2D eigenvalue weighted by Gasteiger charge is 2.57. The van der Waals surface area contributed by atoms with Gasteiger partial charge in [-0.3, -0.25) is 19.6 Å². The van der Waals surface area contributed by atoms with E-state index in [2.05, 4.69) is 19.3 Å². The molecule has 2 aromatic heterocycles. The summed E-state index contributed by atoms with van der Waals surface area (Å²) in [6, 6.07) is 2.66. The number of fused-ring (bicyclic) bond motifs is 1. The fraction of sp³-hybridized carbons (Fsp3) is 0.571. The predicted molar refractivity (Wildman–Crippen MR) is 149 cm³/mol. The number of esters is 1. The molecule has 0 N–H and O–H groups in total. The summed E-state index contributed by atoms with van der Waals surface area (Å²) in [5, 5.41) is -0.647. The first-order valence-corrected chi connectivity index (χ1v) is 14.8. The maximum atomic E-state index is 15.6. The molecule has 4 rings (SSSR count). The Morgan fingerprint density at radius 3 is 2.48 bits per heavy atom. The highest BCUT2D eigenvalue weighted by Crippen LogP contribution is 2.48. The van der Waals surface area contributed by atoms with Crippen molar-refractivity contribution in [1.82, 2.24) is 15.0 Å². The van der Waals surface area contributed by atoms with Crippen LogP contribution in [-0.2, 0) is 31.2 Å². The van der Waals surface area contributed by atoms with Crippen LogP contribution in [-0.4, -0.2) is 65.9 Å². The molecule has 0 aromatic carbocycles. The Balaban J connectivity index is 1.78. The normalized spacial score (nSPS) is 25.7. The molecule has 2 aliphatic rings. The third-order valence-electron chi connectivity index (χ3n) is 7.29. The number of halogens is 1. The minimum atomic E-state index is -3.02.